The molecule has 7 nitrogen and oxygen atoms in total. The lowest BCUT2D eigenvalue weighted by molar-refractivity contribution is -0.141. The van der Waals surface area contributed by atoms with Gasteiger partial charge in [-0.3, -0.25) is 9.59 Å². The largest absolute Gasteiger partial charge is 0.497 e. The highest BCUT2D eigenvalue weighted by atomic mass is 16.5. The minimum absolute atomic E-state index is 0.0503. The molecule has 0 N–H and O–H groups in total. The topological polar surface area (TPSA) is 64.0 Å². The third-order valence-electron chi connectivity index (χ3n) is 7.68. The standard InChI is InChI=1S/C36H51N3O4/c1-4-6-7-8-9-13-22-35(40)38(24-16-25-43-5-2)30-36(41)39(27-31-17-11-10-12-18-31)29-33-20-15-23-37(33)28-32-19-14-21-34(26-32)42-3/h10-12,14-15,17-21,23,26H,4-9,13,16,22,24-25,27-30H2,1-3H3. The van der Waals surface area contributed by atoms with Gasteiger partial charge in [0.05, 0.1) is 20.2 Å². The third kappa shape index (κ3) is 12.3. The Balaban J connectivity index is 1.73. The molecule has 2 aromatic carbocycles. The van der Waals surface area contributed by atoms with Crippen molar-refractivity contribution in [1.29, 1.82) is 0 Å². The fourth-order valence-corrected chi connectivity index (χ4v) is 5.22. The first-order valence-electron chi connectivity index (χ1n) is 16.0. The molecule has 0 aliphatic rings. The summed E-state index contributed by atoms with van der Waals surface area (Å²) in [6.07, 6.45) is 9.98. The molecule has 0 saturated carbocycles. The Labute approximate surface area is 258 Å². The molecule has 0 spiro atoms. The van der Waals surface area contributed by atoms with Crippen molar-refractivity contribution < 1.29 is 19.1 Å². The maximum atomic E-state index is 14.0. The molecule has 0 aliphatic carbocycles. The van der Waals surface area contributed by atoms with E-state index in [1.165, 1.54) is 19.3 Å². The molecular formula is C36H51N3O4. The Bertz CT molecular complexity index is 1210. The molecule has 0 unspecified atom stereocenters. The van der Waals surface area contributed by atoms with E-state index in [4.69, 9.17) is 9.47 Å². The normalized spacial score (nSPS) is 11.0. The molecule has 0 bridgehead atoms. The SMILES string of the molecule is CCCCCCCCC(=O)N(CCCOCC)CC(=O)N(Cc1ccccc1)Cc1cccn1Cc1cccc(OC)c1. The highest BCUT2D eigenvalue weighted by Gasteiger charge is 2.22. The van der Waals surface area contributed by atoms with E-state index in [0.29, 0.717) is 52.2 Å². The lowest BCUT2D eigenvalue weighted by Gasteiger charge is -2.28. The summed E-state index contributed by atoms with van der Waals surface area (Å²) in [7, 11) is 1.67. The number of hydrogen-bond acceptors (Lipinski definition) is 4. The van der Waals surface area contributed by atoms with E-state index in [2.05, 4.69) is 23.6 Å². The van der Waals surface area contributed by atoms with Gasteiger partial charge in [0, 0.05) is 51.2 Å². The van der Waals surface area contributed by atoms with Crippen LogP contribution in [0.15, 0.2) is 72.9 Å². The number of methoxy groups -OCH3 is 1. The van der Waals surface area contributed by atoms with Gasteiger partial charge in [0.15, 0.2) is 0 Å². The number of aromatic nitrogens is 1. The van der Waals surface area contributed by atoms with Gasteiger partial charge >= 0.3 is 0 Å². The molecule has 1 heterocycles. The van der Waals surface area contributed by atoms with Crippen LogP contribution >= 0.6 is 0 Å². The molecule has 7 heteroatoms. The quantitative estimate of drug-likeness (QED) is 0.125. The predicted molar refractivity (Wildman–Crippen MR) is 173 cm³/mol. The van der Waals surface area contributed by atoms with E-state index >= 15 is 0 Å². The Morgan fingerprint density at radius 1 is 0.767 bits per heavy atom. The number of unbranched alkanes of at least 4 members (excludes halogenated alkanes) is 5. The van der Waals surface area contributed by atoms with Gasteiger partial charge in [0.25, 0.3) is 0 Å². The fourth-order valence-electron chi connectivity index (χ4n) is 5.22. The lowest BCUT2D eigenvalue weighted by atomic mass is 10.1. The van der Waals surface area contributed by atoms with Crippen molar-refractivity contribution in [1.82, 2.24) is 14.4 Å². The summed E-state index contributed by atoms with van der Waals surface area (Å²) in [6, 6.07) is 22.2. The molecule has 234 valence electrons. The first-order chi connectivity index (χ1) is 21.0. The molecule has 2 amide bonds. The van der Waals surface area contributed by atoms with Crippen LogP contribution in [0, 0.1) is 0 Å². The molecular weight excluding hydrogens is 538 g/mol. The molecule has 0 fully saturated rings. The van der Waals surface area contributed by atoms with E-state index in [1.54, 1.807) is 12.0 Å². The Morgan fingerprint density at radius 3 is 2.30 bits per heavy atom. The Kier molecular flexibility index (Phi) is 15.4. The van der Waals surface area contributed by atoms with Crippen molar-refractivity contribution in [3.63, 3.8) is 0 Å². The number of amides is 2. The van der Waals surface area contributed by atoms with Crippen LogP contribution in [-0.4, -0.2) is 59.6 Å². The van der Waals surface area contributed by atoms with Gasteiger partial charge in [-0.15, -0.1) is 0 Å². The van der Waals surface area contributed by atoms with E-state index in [9.17, 15) is 9.59 Å². The molecule has 43 heavy (non-hydrogen) atoms. The van der Waals surface area contributed by atoms with Gasteiger partial charge in [-0.05, 0) is 55.2 Å². The number of nitrogens with zero attached hydrogens (tertiary/aromatic N) is 3. The van der Waals surface area contributed by atoms with Crippen LogP contribution < -0.4 is 4.74 Å². The fraction of sp³-hybridized carbons (Fsp3) is 0.500. The number of rotatable bonds is 21. The molecule has 3 aromatic rings. The van der Waals surface area contributed by atoms with E-state index < -0.39 is 0 Å². The smallest absolute Gasteiger partial charge is 0.242 e. The molecule has 0 aliphatic heterocycles. The van der Waals surface area contributed by atoms with Crippen molar-refractivity contribution in [3.05, 3.63) is 89.7 Å². The number of benzene rings is 2. The Hall–Kier alpha value is -3.58. The first kappa shape index (κ1) is 33.9. The zero-order valence-electron chi connectivity index (χ0n) is 26.5. The summed E-state index contributed by atoms with van der Waals surface area (Å²) in [5.74, 6) is 0.828. The van der Waals surface area contributed by atoms with Gasteiger partial charge in [0.2, 0.25) is 11.8 Å². The van der Waals surface area contributed by atoms with Gasteiger partial charge in [-0.1, -0.05) is 81.5 Å². The van der Waals surface area contributed by atoms with Crippen LogP contribution in [0.2, 0.25) is 0 Å². The summed E-state index contributed by atoms with van der Waals surface area (Å²) >= 11 is 0. The molecule has 0 atom stereocenters. The van der Waals surface area contributed by atoms with E-state index in [0.717, 1.165) is 41.8 Å². The van der Waals surface area contributed by atoms with Gasteiger partial charge < -0.3 is 23.8 Å². The maximum Gasteiger partial charge on any atom is 0.242 e. The highest BCUT2D eigenvalue weighted by Crippen LogP contribution is 2.18. The minimum atomic E-state index is -0.0503. The van der Waals surface area contributed by atoms with Crippen LogP contribution in [-0.2, 0) is 34.0 Å². The zero-order valence-corrected chi connectivity index (χ0v) is 26.5. The number of hydrogen-bond donors (Lipinski definition) is 0. The van der Waals surface area contributed by atoms with Gasteiger partial charge in [0.1, 0.15) is 5.75 Å². The minimum Gasteiger partial charge on any atom is -0.497 e. The second kappa shape index (κ2) is 19.6. The molecule has 0 radical (unpaired) electrons. The molecule has 0 saturated heterocycles. The van der Waals surface area contributed by atoms with E-state index in [-0.39, 0.29) is 18.4 Å². The van der Waals surface area contributed by atoms with Gasteiger partial charge in [-0.25, -0.2) is 0 Å². The average molecular weight is 590 g/mol. The van der Waals surface area contributed by atoms with Crippen molar-refractivity contribution in [3.8, 4) is 5.75 Å². The van der Waals surface area contributed by atoms with Crippen molar-refractivity contribution in [2.24, 2.45) is 0 Å². The summed E-state index contributed by atoms with van der Waals surface area (Å²) in [4.78, 5) is 30.9. The number of carbonyl (C=O) groups is 2. The summed E-state index contributed by atoms with van der Waals surface area (Å²) in [5.41, 5.74) is 3.22. The van der Waals surface area contributed by atoms with Crippen molar-refractivity contribution in [2.75, 3.05) is 33.4 Å². The summed E-state index contributed by atoms with van der Waals surface area (Å²) in [5, 5.41) is 0. The van der Waals surface area contributed by atoms with Crippen LogP contribution in [0.3, 0.4) is 0 Å². The number of ether oxygens (including phenoxy) is 2. The van der Waals surface area contributed by atoms with Crippen molar-refractivity contribution in [2.45, 2.75) is 84.8 Å². The second-order valence-corrected chi connectivity index (χ2v) is 11.1. The maximum absolute atomic E-state index is 14.0. The third-order valence-corrected chi connectivity index (χ3v) is 7.68. The van der Waals surface area contributed by atoms with Crippen LogP contribution in [0.25, 0.3) is 0 Å². The number of carbonyl (C=O) groups excluding carboxylic acids is 2. The zero-order chi connectivity index (χ0) is 30.7. The monoisotopic (exact) mass is 589 g/mol. The van der Waals surface area contributed by atoms with E-state index in [1.807, 2.05) is 72.6 Å². The summed E-state index contributed by atoms with van der Waals surface area (Å²) < 4.78 is 13.1. The Morgan fingerprint density at radius 2 is 1.53 bits per heavy atom. The molecule has 3 rings (SSSR count). The average Bonchev–Trinajstić information content (AvgIpc) is 3.46. The molecule has 1 aromatic heterocycles. The predicted octanol–water partition coefficient (Wildman–Crippen LogP) is 7.08. The van der Waals surface area contributed by atoms with Gasteiger partial charge in [-0.2, -0.15) is 0 Å². The van der Waals surface area contributed by atoms with Crippen molar-refractivity contribution >= 4 is 11.8 Å². The summed E-state index contributed by atoms with van der Waals surface area (Å²) in [6.45, 7) is 7.59. The highest BCUT2D eigenvalue weighted by molar-refractivity contribution is 5.84. The first-order valence-corrected chi connectivity index (χ1v) is 16.0. The van der Waals surface area contributed by atoms with Crippen LogP contribution in [0.1, 0.15) is 82.0 Å². The van der Waals surface area contributed by atoms with Crippen LogP contribution in [0.5, 0.6) is 5.75 Å². The lowest BCUT2D eigenvalue weighted by Crippen LogP contribution is -2.43. The second-order valence-electron chi connectivity index (χ2n) is 11.1. The van der Waals surface area contributed by atoms with Crippen LogP contribution in [0.4, 0.5) is 0 Å².